The van der Waals surface area contributed by atoms with Gasteiger partial charge in [0.05, 0.1) is 5.57 Å². The first-order valence-electron chi connectivity index (χ1n) is 3.32. The van der Waals surface area contributed by atoms with Gasteiger partial charge < -0.3 is 5.11 Å². The first kappa shape index (κ1) is 9.69. The summed E-state index contributed by atoms with van der Waals surface area (Å²) in [4.78, 5) is 10.4. The average molecular weight is 152 g/mol. The van der Waals surface area contributed by atoms with E-state index in [4.69, 9.17) is 5.11 Å². The predicted octanol–water partition coefficient (Wildman–Crippen LogP) is 2.15. The van der Waals surface area contributed by atoms with E-state index >= 15 is 0 Å². The van der Waals surface area contributed by atoms with Crippen LogP contribution >= 0.6 is 0 Å². The molecule has 0 aliphatic carbocycles. The molecule has 0 amide bonds. The van der Waals surface area contributed by atoms with E-state index in [0.29, 0.717) is 5.57 Å². The molecule has 0 aliphatic heterocycles. The molecule has 2 nitrogen and oxygen atoms in total. The highest BCUT2D eigenvalue weighted by Gasteiger charge is 2.00. The van der Waals surface area contributed by atoms with Crippen LogP contribution in [0.3, 0.4) is 0 Å². The molecule has 0 rings (SSSR count). The largest absolute Gasteiger partial charge is 0.478 e. The van der Waals surface area contributed by atoms with E-state index in [-0.39, 0.29) is 0 Å². The Balaban J connectivity index is 4.57. The summed E-state index contributed by atoms with van der Waals surface area (Å²) in [5, 5.41) is 8.57. The Bertz CT molecular complexity index is 222. The molecule has 60 valence electrons. The van der Waals surface area contributed by atoms with Crippen molar-refractivity contribution in [2.45, 2.75) is 13.8 Å². The Labute approximate surface area is 66.5 Å². The van der Waals surface area contributed by atoms with Crippen LogP contribution in [0.2, 0.25) is 0 Å². The van der Waals surface area contributed by atoms with Crippen molar-refractivity contribution in [1.29, 1.82) is 0 Å². The second-order valence-corrected chi connectivity index (χ2v) is 2.14. The highest BCUT2D eigenvalue weighted by Crippen LogP contribution is 2.02. The topological polar surface area (TPSA) is 37.3 Å². The van der Waals surface area contributed by atoms with Crippen LogP contribution in [0.5, 0.6) is 0 Å². The van der Waals surface area contributed by atoms with Crippen molar-refractivity contribution in [2.24, 2.45) is 0 Å². The monoisotopic (exact) mass is 152 g/mol. The van der Waals surface area contributed by atoms with Gasteiger partial charge in [-0.05, 0) is 19.9 Å². The lowest BCUT2D eigenvalue weighted by Crippen LogP contribution is -1.97. The molecule has 0 saturated heterocycles. The van der Waals surface area contributed by atoms with Crippen molar-refractivity contribution in [3.63, 3.8) is 0 Å². The molecule has 0 atom stereocenters. The number of hydrogen-bond donors (Lipinski definition) is 1. The molecule has 0 aromatic heterocycles. The van der Waals surface area contributed by atoms with Gasteiger partial charge >= 0.3 is 5.97 Å². The summed E-state index contributed by atoms with van der Waals surface area (Å²) in [6.45, 7) is 7.01. The van der Waals surface area contributed by atoms with Crippen LogP contribution in [0, 0.1) is 0 Å². The van der Waals surface area contributed by atoms with Gasteiger partial charge in [-0.15, -0.1) is 0 Å². The zero-order chi connectivity index (χ0) is 8.85. The lowest BCUT2D eigenvalue weighted by molar-refractivity contribution is -0.132. The highest BCUT2D eigenvalue weighted by atomic mass is 16.4. The van der Waals surface area contributed by atoms with E-state index in [1.165, 1.54) is 0 Å². The fourth-order valence-corrected chi connectivity index (χ4v) is 0.573. The fourth-order valence-electron chi connectivity index (χ4n) is 0.573. The van der Waals surface area contributed by atoms with Gasteiger partial charge in [-0.2, -0.15) is 0 Å². The third-order valence-electron chi connectivity index (χ3n) is 1.26. The minimum atomic E-state index is -0.909. The molecule has 0 heterocycles. The number of hydrogen-bond acceptors (Lipinski definition) is 1. The number of carboxylic acids is 1. The molecule has 0 spiro atoms. The smallest absolute Gasteiger partial charge is 0.335 e. The quantitative estimate of drug-likeness (QED) is 0.497. The third kappa shape index (κ3) is 3.40. The Morgan fingerprint density at radius 3 is 2.36 bits per heavy atom. The van der Waals surface area contributed by atoms with Gasteiger partial charge in [-0.3, -0.25) is 0 Å². The molecule has 0 aromatic carbocycles. The number of allylic oxidation sites excluding steroid dienone is 3. The molecule has 0 bridgehead atoms. The van der Waals surface area contributed by atoms with Crippen LogP contribution in [0.4, 0.5) is 0 Å². The molecule has 0 fully saturated rings. The van der Waals surface area contributed by atoms with Crippen molar-refractivity contribution in [3.8, 4) is 0 Å². The number of carboxylic acid groups (broad SMARTS) is 1. The summed E-state index contributed by atoms with van der Waals surface area (Å²) in [7, 11) is 0. The van der Waals surface area contributed by atoms with Crippen LogP contribution in [0.15, 0.2) is 36.0 Å². The van der Waals surface area contributed by atoms with Crippen molar-refractivity contribution in [1.82, 2.24) is 0 Å². The van der Waals surface area contributed by atoms with Crippen LogP contribution in [0.25, 0.3) is 0 Å². The lowest BCUT2D eigenvalue weighted by atomic mass is 10.1. The number of rotatable bonds is 3. The van der Waals surface area contributed by atoms with Gasteiger partial charge in [-0.25, -0.2) is 4.79 Å². The van der Waals surface area contributed by atoms with Crippen molar-refractivity contribution >= 4 is 5.97 Å². The first-order chi connectivity index (χ1) is 5.11. The maximum Gasteiger partial charge on any atom is 0.335 e. The van der Waals surface area contributed by atoms with Gasteiger partial charge in [0, 0.05) is 0 Å². The Morgan fingerprint density at radius 1 is 1.55 bits per heavy atom. The summed E-state index contributed by atoms with van der Waals surface area (Å²) in [5.41, 5.74) is 1.14. The molecule has 0 aromatic rings. The van der Waals surface area contributed by atoms with Gasteiger partial charge in [0.2, 0.25) is 0 Å². The average Bonchev–Trinajstić information content (AvgIpc) is 1.99. The van der Waals surface area contributed by atoms with E-state index in [1.54, 1.807) is 32.1 Å². The van der Waals surface area contributed by atoms with Crippen LogP contribution in [0.1, 0.15) is 13.8 Å². The summed E-state index contributed by atoms with van der Waals surface area (Å²) in [6.07, 6.45) is 4.75. The predicted molar refractivity (Wildman–Crippen MR) is 45.3 cm³/mol. The molecule has 1 N–H and O–H groups in total. The van der Waals surface area contributed by atoms with Crippen molar-refractivity contribution < 1.29 is 9.90 Å². The Morgan fingerprint density at radius 2 is 2.09 bits per heavy atom. The molecule has 2 heteroatoms. The van der Waals surface area contributed by atoms with Gasteiger partial charge in [-0.1, -0.05) is 24.3 Å². The highest BCUT2D eigenvalue weighted by molar-refractivity contribution is 5.89. The second kappa shape index (κ2) is 4.50. The molecule has 11 heavy (non-hydrogen) atoms. The third-order valence-corrected chi connectivity index (χ3v) is 1.26. The molecular weight excluding hydrogens is 140 g/mol. The molecule has 0 radical (unpaired) electrons. The SMILES string of the molecule is C=C/C(C)=C\C(=C/C)C(=O)O. The molecule has 0 unspecified atom stereocenters. The second-order valence-electron chi connectivity index (χ2n) is 2.14. The molecule has 0 aliphatic rings. The summed E-state index contributed by atoms with van der Waals surface area (Å²) in [6, 6.07) is 0. The number of aliphatic carboxylic acids is 1. The van der Waals surface area contributed by atoms with Crippen molar-refractivity contribution in [3.05, 3.63) is 36.0 Å². The zero-order valence-electron chi connectivity index (χ0n) is 6.79. The van der Waals surface area contributed by atoms with E-state index in [0.717, 1.165) is 5.57 Å². The van der Waals surface area contributed by atoms with Crippen LogP contribution in [-0.2, 0) is 4.79 Å². The van der Waals surface area contributed by atoms with E-state index in [1.807, 2.05) is 0 Å². The van der Waals surface area contributed by atoms with E-state index in [9.17, 15) is 4.79 Å². The van der Waals surface area contributed by atoms with E-state index in [2.05, 4.69) is 6.58 Å². The van der Waals surface area contributed by atoms with E-state index < -0.39 is 5.97 Å². The standard InChI is InChI=1S/C9H12O2/c1-4-7(3)6-8(5-2)9(10)11/h4-6H,1H2,2-3H3,(H,10,11)/b7-6-,8-5+. The fraction of sp³-hybridized carbons (Fsp3) is 0.222. The minimum Gasteiger partial charge on any atom is -0.478 e. The summed E-state index contributed by atoms with van der Waals surface area (Å²) in [5.74, 6) is -0.909. The van der Waals surface area contributed by atoms with Gasteiger partial charge in [0.1, 0.15) is 0 Å². The first-order valence-corrected chi connectivity index (χ1v) is 3.32. The zero-order valence-corrected chi connectivity index (χ0v) is 6.79. The van der Waals surface area contributed by atoms with Crippen molar-refractivity contribution in [2.75, 3.05) is 0 Å². The number of carbonyl (C=O) groups is 1. The Hall–Kier alpha value is -1.31. The van der Waals surface area contributed by atoms with Gasteiger partial charge in [0.25, 0.3) is 0 Å². The summed E-state index contributed by atoms with van der Waals surface area (Å²) < 4.78 is 0. The maximum absolute atomic E-state index is 10.4. The molecule has 0 saturated carbocycles. The lowest BCUT2D eigenvalue weighted by Gasteiger charge is -1.93. The van der Waals surface area contributed by atoms with Gasteiger partial charge in [0.15, 0.2) is 0 Å². The summed E-state index contributed by atoms with van der Waals surface area (Å²) >= 11 is 0. The normalized spacial score (nSPS) is 12.9. The minimum absolute atomic E-state index is 0.294. The van der Waals surface area contributed by atoms with Crippen LogP contribution in [-0.4, -0.2) is 11.1 Å². The van der Waals surface area contributed by atoms with Crippen LogP contribution < -0.4 is 0 Å². The maximum atomic E-state index is 10.4. The Kier molecular flexibility index (Phi) is 3.96. The molecular formula is C9H12O2.